The van der Waals surface area contributed by atoms with E-state index in [-0.39, 0.29) is 4.47 Å². The molecule has 1 N–H and O–H groups in total. The molecule has 0 heterocycles. The minimum atomic E-state index is -4.68. The third-order valence-electron chi connectivity index (χ3n) is 1.60. The van der Waals surface area contributed by atoms with Gasteiger partial charge in [0.15, 0.2) is 12.4 Å². The zero-order valence-corrected chi connectivity index (χ0v) is 10.0. The lowest BCUT2D eigenvalue weighted by Crippen LogP contribution is -2.23. The number of hydrogen-bond acceptors (Lipinski definition) is 2. The summed E-state index contributed by atoms with van der Waals surface area (Å²) in [7, 11) is 0. The smallest absolute Gasteiger partial charge is 0.422 e. The molecule has 18 heavy (non-hydrogen) atoms. The van der Waals surface area contributed by atoms with E-state index < -0.39 is 36.2 Å². The first kappa shape index (κ1) is 14.7. The third kappa shape index (κ3) is 4.47. The highest BCUT2D eigenvalue weighted by Gasteiger charge is 2.29. The van der Waals surface area contributed by atoms with Crippen molar-refractivity contribution >= 4 is 27.7 Å². The van der Waals surface area contributed by atoms with E-state index in [9.17, 15) is 26.7 Å². The average Bonchev–Trinajstić information content (AvgIpc) is 2.19. The van der Waals surface area contributed by atoms with Crippen LogP contribution in [0.25, 0.3) is 0 Å². The molecule has 0 aromatic heterocycles. The van der Waals surface area contributed by atoms with Crippen molar-refractivity contribution in [2.24, 2.45) is 0 Å². The highest BCUT2D eigenvalue weighted by atomic mass is 79.9. The van der Waals surface area contributed by atoms with Gasteiger partial charge in [0.2, 0.25) is 0 Å². The lowest BCUT2D eigenvalue weighted by molar-refractivity contribution is -0.159. The molecule has 0 bridgehead atoms. The van der Waals surface area contributed by atoms with E-state index in [0.717, 1.165) is 6.07 Å². The fraction of sp³-hybridized carbons (Fsp3) is 0.222. The van der Waals surface area contributed by atoms with Crippen LogP contribution in [0.4, 0.5) is 32.4 Å². The van der Waals surface area contributed by atoms with Crippen LogP contribution in [0.5, 0.6) is 0 Å². The predicted octanol–water partition coefficient (Wildman–Crippen LogP) is 3.84. The topological polar surface area (TPSA) is 38.3 Å². The molecule has 0 saturated heterocycles. The molecule has 0 aliphatic carbocycles. The number of halogens is 6. The minimum Gasteiger partial charge on any atom is -0.440 e. The molecule has 3 nitrogen and oxygen atoms in total. The van der Waals surface area contributed by atoms with Crippen molar-refractivity contribution in [1.29, 1.82) is 0 Å². The van der Waals surface area contributed by atoms with E-state index in [1.54, 1.807) is 5.32 Å². The first-order valence-corrected chi connectivity index (χ1v) is 5.13. The monoisotopic (exact) mass is 333 g/mol. The van der Waals surface area contributed by atoms with Crippen LogP contribution in [0.3, 0.4) is 0 Å². The van der Waals surface area contributed by atoms with Crippen LogP contribution in [-0.4, -0.2) is 18.9 Å². The zero-order valence-electron chi connectivity index (χ0n) is 8.45. The lowest BCUT2D eigenvalue weighted by Gasteiger charge is -2.10. The first-order chi connectivity index (χ1) is 8.19. The van der Waals surface area contributed by atoms with E-state index in [1.165, 1.54) is 0 Å². The normalized spacial score (nSPS) is 11.2. The van der Waals surface area contributed by atoms with Gasteiger partial charge >= 0.3 is 12.3 Å². The second kappa shape index (κ2) is 5.51. The van der Waals surface area contributed by atoms with Crippen LogP contribution < -0.4 is 5.32 Å². The van der Waals surface area contributed by atoms with Gasteiger partial charge in [0, 0.05) is 10.5 Å². The summed E-state index contributed by atoms with van der Waals surface area (Å²) >= 11 is 2.74. The molecule has 0 atom stereocenters. The van der Waals surface area contributed by atoms with E-state index in [2.05, 4.69) is 20.7 Å². The van der Waals surface area contributed by atoms with Crippen LogP contribution in [-0.2, 0) is 4.74 Å². The molecule has 1 aromatic carbocycles. The number of rotatable bonds is 2. The molecule has 0 unspecified atom stereocenters. The van der Waals surface area contributed by atoms with Crippen LogP contribution in [0.2, 0.25) is 0 Å². The quantitative estimate of drug-likeness (QED) is 0.835. The number of carbonyl (C=O) groups excluding carboxylic acids is 1. The van der Waals surface area contributed by atoms with Crippen molar-refractivity contribution in [2.45, 2.75) is 6.18 Å². The Labute approximate surface area is 106 Å². The maximum absolute atomic E-state index is 13.2. The Morgan fingerprint density at radius 1 is 1.33 bits per heavy atom. The number of amides is 1. The highest BCUT2D eigenvalue weighted by Crippen LogP contribution is 2.27. The van der Waals surface area contributed by atoms with Crippen LogP contribution in [0.1, 0.15) is 0 Å². The van der Waals surface area contributed by atoms with Crippen LogP contribution in [0.15, 0.2) is 16.6 Å². The SMILES string of the molecule is O=C(Nc1c(F)cc(F)cc1Br)OCC(F)(F)F. The molecule has 1 rings (SSSR count). The number of carbonyl (C=O) groups is 1. The molecule has 9 heteroatoms. The van der Waals surface area contributed by atoms with Crippen molar-refractivity contribution in [1.82, 2.24) is 0 Å². The van der Waals surface area contributed by atoms with Crippen molar-refractivity contribution in [3.63, 3.8) is 0 Å². The second-order valence-electron chi connectivity index (χ2n) is 3.06. The Kier molecular flexibility index (Phi) is 4.49. The van der Waals surface area contributed by atoms with E-state index >= 15 is 0 Å². The summed E-state index contributed by atoms with van der Waals surface area (Å²) in [5, 5.41) is 1.73. The molecule has 0 aliphatic rings. The summed E-state index contributed by atoms with van der Waals surface area (Å²) in [4.78, 5) is 10.9. The molecule has 0 aliphatic heterocycles. The zero-order chi connectivity index (χ0) is 13.9. The number of ether oxygens (including phenoxy) is 1. The van der Waals surface area contributed by atoms with Gasteiger partial charge in [-0.2, -0.15) is 13.2 Å². The van der Waals surface area contributed by atoms with Crippen molar-refractivity contribution < 1.29 is 31.5 Å². The molecular formula is C9H5BrF5NO2. The number of alkyl halides is 3. The Hall–Kier alpha value is -1.38. The minimum absolute atomic E-state index is 0.163. The molecule has 0 radical (unpaired) electrons. The van der Waals surface area contributed by atoms with Gasteiger partial charge in [-0.05, 0) is 22.0 Å². The third-order valence-corrected chi connectivity index (χ3v) is 2.23. The fourth-order valence-electron chi connectivity index (χ4n) is 0.947. The van der Waals surface area contributed by atoms with Crippen molar-refractivity contribution in [3.05, 3.63) is 28.2 Å². The van der Waals surface area contributed by atoms with Crippen LogP contribution >= 0.6 is 15.9 Å². The molecular weight excluding hydrogens is 329 g/mol. The van der Waals surface area contributed by atoms with Gasteiger partial charge in [-0.1, -0.05) is 0 Å². The molecule has 1 amide bonds. The summed E-state index contributed by atoms with van der Waals surface area (Å²) in [5.74, 6) is -2.06. The Morgan fingerprint density at radius 3 is 2.44 bits per heavy atom. The van der Waals surface area contributed by atoms with Gasteiger partial charge in [0.05, 0.1) is 5.69 Å². The van der Waals surface area contributed by atoms with E-state index in [1.807, 2.05) is 0 Å². The molecule has 1 aromatic rings. The first-order valence-electron chi connectivity index (χ1n) is 4.34. The fourth-order valence-corrected chi connectivity index (χ4v) is 1.45. The van der Waals surface area contributed by atoms with Gasteiger partial charge in [0.25, 0.3) is 0 Å². The summed E-state index contributed by atoms with van der Waals surface area (Å²) in [6, 6.07) is 1.30. The van der Waals surface area contributed by atoms with Gasteiger partial charge in [-0.3, -0.25) is 5.32 Å². The molecule has 0 saturated carbocycles. The summed E-state index contributed by atoms with van der Waals surface area (Å²) in [6.45, 7) is -1.81. The van der Waals surface area contributed by atoms with Gasteiger partial charge in [-0.15, -0.1) is 0 Å². The van der Waals surface area contributed by atoms with Gasteiger partial charge < -0.3 is 4.74 Å². The summed E-state index contributed by atoms with van der Waals surface area (Å²) in [5.41, 5.74) is -0.511. The maximum atomic E-state index is 13.2. The van der Waals surface area contributed by atoms with Crippen molar-refractivity contribution in [2.75, 3.05) is 11.9 Å². The number of benzene rings is 1. The molecule has 0 fully saturated rings. The average molecular weight is 334 g/mol. The molecule has 0 spiro atoms. The highest BCUT2D eigenvalue weighted by molar-refractivity contribution is 9.10. The van der Waals surface area contributed by atoms with Crippen LogP contribution in [0, 0.1) is 11.6 Å². The molecule has 100 valence electrons. The standard InChI is InChI=1S/C9H5BrF5NO2/c10-5-1-4(11)2-6(12)7(5)16-8(17)18-3-9(13,14)15/h1-2H,3H2,(H,16,17). The summed E-state index contributed by atoms with van der Waals surface area (Å²) in [6.07, 6.45) is -6.19. The lowest BCUT2D eigenvalue weighted by atomic mass is 10.3. The van der Waals surface area contributed by atoms with Crippen molar-refractivity contribution in [3.8, 4) is 0 Å². The Bertz CT molecular complexity index is 440. The van der Waals surface area contributed by atoms with E-state index in [0.29, 0.717) is 6.07 Å². The Balaban J connectivity index is 2.71. The number of hydrogen-bond donors (Lipinski definition) is 1. The number of nitrogens with one attached hydrogen (secondary N) is 1. The second-order valence-corrected chi connectivity index (χ2v) is 3.92. The van der Waals surface area contributed by atoms with Gasteiger partial charge in [0.1, 0.15) is 5.82 Å². The van der Waals surface area contributed by atoms with E-state index in [4.69, 9.17) is 0 Å². The largest absolute Gasteiger partial charge is 0.440 e. The summed E-state index contributed by atoms with van der Waals surface area (Å²) < 4.78 is 64.7. The number of anilines is 1. The Morgan fingerprint density at radius 2 is 1.94 bits per heavy atom. The van der Waals surface area contributed by atoms with Gasteiger partial charge in [-0.25, -0.2) is 13.6 Å². The maximum Gasteiger partial charge on any atom is 0.422 e. The predicted molar refractivity (Wildman–Crippen MR) is 55.1 cm³/mol.